The van der Waals surface area contributed by atoms with Gasteiger partial charge in [-0.05, 0) is 62.5 Å². The standard InChI is InChI=1S/2C19H38O2S2.Zn/c2*1-4-6-8-10-12-14-16-22-19(3,18(20)21)23-17-15-13-11-9-7-5-2;/h2*4-17H2,1-3H3,(H,20,21);/q;;+2/p-2. The van der Waals surface area contributed by atoms with E-state index in [2.05, 4.69) is 27.7 Å². The molecule has 0 bridgehead atoms. The molecule has 0 aromatic heterocycles. The Morgan fingerprint density at radius 1 is 0.383 bits per heavy atom. The van der Waals surface area contributed by atoms with Gasteiger partial charge >= 0.3 is 19.5 Å². The molecule has 276 valence electrons. The Kier molecular flexibility index (Phi) is 42.5. The van der Waals surface area contributed by atoms with Crippen LogP contribution in [-0.2, 0) is 29.1 Å². The molecule has 0 N–H and O–H groups in total. The fraction of sp³-hybridized carbons (Fsp3) is 0.947. The Balaban J connectivity index is -0.000000807. The van der Waals surface area contributed by atoms with Gasteiger partial charge in [-0.2, -0.15) is 0 Å². The summed E-state index contributed by atoms with van der Waals surface area (Å²) >= 11 is 6.27. The van der Waals surface area contributed by atoms with Crippen molar-refractivity contribution in [3.63, 3.8) is 0 Å². The van der Waals surface area contributed by atoms with Crippen LogP contribution in [0.15, 0.2) is 0 Å². The molecule has 0 aliphatic carbocycles. The molecule has 0 fully saturated rings. The van der Waals surface area contributed by atoms with Gasteiger partial charge in [0.05, 0.1) is 20.1 Å². The van der Waals surface area contributed by atoms with Crippen LogP contribution in [0.3, 0.4) is 0 Å². The van der Waals surface area contributed by atoms with Crippen LogP contribution >= 0.6 is 47.0 Å². The second-order valence-corrected chi connectivity index (χ2v) is 19.5. The summed E-state index contributed by atoms with van der Waals surface area (Å²) in [4.78, 5) is 23.0. The summed E-state index contributed by atoms with van der Waals surface area (Å²) in [6, 6.07) is 0. The third-order valence-corrected chi connectivity index (χ3v) is 14.5. The maximum atomic E-state index is 11.5. The van der Waals surface area contributed by atoms with Crippen LogP contribution in [0.5, 0.6) is 0 Å². The van der Waals surface area contributed by atoms with Crippen LogP contribution < -0.4 is 10.2 Å². The van der Waals surface area contributed by atoms with Crippen LogP contribution in [0, 0.1) is 0 Å². The first kappa shape index (κ1) is 52.3. The molecule has 4 nitrogen and oxygen atoms in total. The van der Waals surface area contributed by atoms with Crippen LogP contribution in [0.4, 0.5) is 0 Å². The Bertz CT molecular complexity index is 592. The second kappa shape index (κ2) is 38.2. The van der Waals surface area contributed by atoms with Gasteiger partial charge in [-0.3, -0.25) is 0 Å². The number of hydrogen-bond donors (Lipinski definition) is 0. The minimum Gasteiger partial charge on any atom is -0.548 e. The van der Waals surface area contributed by atoms with E-state index in [1.165, 1.54) is 128 Å². The van der Waals surface area contributed by atoms with Crippen LogP contribution in [0.1, 0.15) is 196 Å². The summed E-state index contributed by atoms with van der Waals surface area (Å²) in [6.07, 6.45) is 30.1. The third kappa shape index (κ3) is 33.8. The third-order valence-electron chi connectivity index (χ3n) is 8.24. The fourth-order valence-corrected chi connectivity index (χ4v) is 10.0. The normalized spacial score (nSPS) is 11.5. The van der Waals surface area contributed by atoms with E-state index in [1.54, 1.807) is 47.0 Å². The van der Waals surface area contributed by atoms with Crippen molar-refractivity contribution in [3.05, 3.63) is 0 Å². The van der Waals surface area contributed by atoms with Gasteiger partial charge in [0.15, 0.2) is 0 Å². The zero-order valence-electron chi connectivity index (χ0n) is 31.8. The molecule has 0 rings (SSSR count). The molecule has 0 unspecified atom stereocenters. The van der Waals surface area contributed by atoms with Gasteiger partial charge < -0.3 is 19.8 Å². The molecule has 0 saturated carbocycles. The average molecular weight is 789 g/mol. The zero-order valence-corrected chi connectivity index (χ0v) is 38.0. The number of carboxylic acid groups (broad SMARTS) is 2. The maximum absolute atomic E-state index is 11.5. The summed E-state index contributed by atoms with van der Waals surface area (Å²) in [5.41, 5.74) is 0. The van der Waals surface area contributed by atoms with E-state index >= 15 is 0 Å². The number of carbonyl (C=O) groups is 2. The van der Waals surface area contributed by atoms with E-state index < -0.39 is 20.1 Å². The van der Waals surface area contributed by atoms with Crippen LogP contribution in [-0.4, -0.2) is 43.1 Å². The zero-order chi connectivity index (χ0) is 34.8. The van der Waals surface area contributed by atoms with Crippen molar-refractivity contribution >= 4 is 59.0 Å². The largest absolute Gasteiger partial charge is 2.00 e. The molecular weight excluding hydrogens is 714 g/mol. The topological polar surface area (TPSA) is 80.3 Å². The van der Waals surface area contributed by atoms with E-state index in [4.69, 9.17) is 0 Å². The van der Waals surface area contributed by atoms with E-state index in [1.807, 2.05) is 13.8 Å². The monoisotopic (exact) mass is 786 g/mol. The molecule has 0 aromatic rings. The van der Waals surface area contributed by atoms with Crippen molar-refractivity contribution in [2.45, 2.75) is 204 Å². The van der Waals surface area contributed by atoms with Gasteiger partial charge in [-0.15, -0.1) is 47.0 Å². The van der Waals surface area contributed by atoms with Crippen molar-refractivity contribution in [3.8, 4) is 0 Å². The first-order valence-corrected chi connectivity index (χ1v) is 23.1. The minimum atomic E-state index is -0.913. The van der Waals surface area contributed by atoms with E-state index in [9.17, 15) is 19.8 Å². The van der Waals surface area contributed by atoms with Crippen molar-refractivity contribution in [2.24, 2.45) is 0 Å². The molecule has 0 spiro atoms. The SMILES string of the molecule is CCCCCCCCSC(C)(SCCCCCCCC)C(=O)[O-].CCCCCCCCSC(C)(SCCCCCCCC)C(=O)[O-].[Zn+2]. The molecule has 0 amide bonds. The molecule has 0 atom stereocenters. The average Bonchev–Trinajstić information content (AvgIpc) is 3.03. The van der Waals surface area contributed by atoms with Crippen molar-refractivity contribution < 1.29 is 39.3 Å². The first-order chi connectivity index (χ1) is 22.1. The molecule has 0 saturated heterocycles. The van der Waals surface area contributed by atoms with Crippen molar-refractivity contribution in [1.82, 2.24) is 0 Å². The summed E-state index contributed by atoms with van der Waals surface area (Å²) in [6.45, 7) is 12.5. The number of carboxylic acids is 2. The Labute approximate surface area is 323 Å². The summed E-state index contributed by atoms with van der Waals surface area (Å²) in [5.74, 6) is 1.90. The molecule has 0 radical (unpaired) electrons. The van der Waals surface area contributed by atoms with Crippen LogP contribution in [0.2, 0.25) is 0 Å². The van der Waals surface area contributed by atoms with Crippen molar-refractivity contribution in [1.29, 1.82) is 0 Å². The van der Waals surface area contributed by atoms with Crippen molar-refractivity contribution in [2.75, 3.05) is 23.0 Å². The van der Waals surface area contributed by atoms with E-state index in [0.717, 1.165) is 48.7 Å². The number of aliphatic carboxylic acids is 2. The van der Waals surface area contributed by atoms with Gasteiger partial charge in [-0.1, -0.05) is 156 Å². The number of rotatable bonds is 34. The van der Waals surface area contributed by atoms with Crippen LogP contribution in [0.25, 0.3) is 0 Å². The number of thioether (sulfide) groups is 4. The molecule has 0 aromatic carbocycles. The minimum absolute atomic E-state index is 0. The number of hydrogen-bond acceptors (Lipinski definition) is 8. The predicted molar refractivity (Wildman–Crippen MR) is 210 cm³/mol. The fourth-order valence-electron chi connectivity index (χ4n) is 4.92. The Hall–Kier alpha value is 0.963. The molecule has 47 heavy (non-hydrogen) atoms. The molecule has 0 aliphatic heterocycles. The summed E-state index contributed by atoms with van der Waals surface area (Å²) in [7, 11) is 0. The van der Waals surface area contributed by atoms with Gasteiger partial charge in [-0.25, -0.2) is 0 Å². The second-order valence-electron chi connectivity index (χ2n) is 12.9. The number of carbonyl (C=O) groups excluding carboxylic acids is 2. The molecule has 9 heteroatoms. The van der Waals surface area contributed by atoms with E-state index in [0.29, 0.717) is 0 Å². The predicted octanol–water partition coefficient (Wildman–Crippen LogP) is 11.3. The molecular formula is C38H74O4S4Zn. The Morgan fingerprint density at radius 3 is 0.723 bits per heavy atom. The first-order valence-electron chi connectivity index (χ1n) is 19.1. The number of unbranched alkanes of at least 4 members (excludes halogenated alkanes) is 20. The van der Waals surface area contributed by atoms with Gasteiger partial charge in [0.1, 0.15) is 0 Å². The summed E-state index contributed by atoms with van der Waals surface area (Å²) < 4.78 is -1.54. The molecule has 0 aliphatic rings. The smallest absolute Gasteiger partial charge is 0.548 e. The maximum Gasteiger partial charge on any atom is 2.00 e. The Morgan fingerprint density at radius 2 is 0.553 bits per heavy atom. The van der Waals surface area contributed by atoms with Gasteiger partial charge in [0, 0.05) is 0 Å². The van der Waals surface area contributed by atoms with E-state index in [-0.39, 0.29) is 19.5 Å². The molecule has 0 heterocycles. The van der Waals surface area contributed by atoms with Gasteiger partial charge in [0.25, 0.3) is 0 Å². The van der Waals surface area contributed by atoms with Gasteiger partial charge in [0.2, 0.25) is 0 Å². The summed E-state index contributed by atoms with van der Waals surface area (Å²) in [5, 5.41) is 23.0. The quantitative estimate of drug-likeness (QED) is 0.0362.